The lowest BCUT2D eigenvalue weighted by Gasteiger charge is -2.18. The Hall–Kier alpha value is -0.930. The van der Waals surface area contributed by atoms with Crippen LogP contribution in [-0.2, 0) is 4.74 Å². The Labute approximate surface area is 88.7 Å². The second kappa shape index (κ2) is 4.29. The predicted octanol–water partition coefficient (Wildman–Crippen LogP) is 2.20. The van der Waals surface area contributed by atoms with Gasteiger partial charge >= 0.3 is 0 Å². The van der Waals surface area contributed by atoms with E-state index in [0.717, 1.165) is 12.0 Å². The van der Waals surface area contributed by atoms with Gasteiger partial charge < -0.3 is 9.84 Å². The molecule has 3 heteroatoms. The van der Waals surface area contributed by atoms with Gasteiger partial charge in [-0.1, -0.05) is 6.07 Å². The van der Waals surface area contributed by atoms with Crippen molar-refractivity contribution in [3.63, 3.8) is 0 Å². The lowest BCUT2D eigenvalue weighted by Crippen LogP contribution is -2.13. The van der Waals surface area contributed by atoms with Crippen LogP contribution in [0.5, 0.6) is 0 Å². The fraction of sp³-hybridized carbons (Fsp3) is 0.500. The van der Waals surface area contributed by atoms with Crippen molar-refractivity contribution in [1.29, 1.82) is 0 Å². The Kier molecular flexibility index (Phi) is 3.03. The maximum absolute atomic E-state index is 13.1. The van der Waals surface area contributed by atoms with Crippen LogP contribution in [0.1, 0.15) is 23.7 Å². The standard InChI is InChI=1S/C12H15FO2/c1-8-2-3-10(13)6-11(8)12(14)9-4-5-15-7-9/h2-3,6,9,12,14H,4-5,7H2,1H3. The van der Waals surface area contributed by atoms with E-state index in [1.54, 1.807) is 6.07 Å². The van der Waals surface area contributed by atoms with E-state index >= 15 is 0 Å². The van der Waals surface area contributed by atoms with E-state index in [4.69, 9.17) is 4.74 Å². The Balaban J connectivity index is 2.23. The van der Waals surface area contributed by atoms with Gasteiger partial charge in [0.2, 0.25) is 0 Å². The molecule has 0 amide bonds. The molecule has 2 atom stereocenters. The summed E-state index contributed by atoms with van der Waals surface area (Å²) < 4.78 is 18.3. The van der Waals surface area contributed by atoms with E-state index in [0.29, 0.717) is 18.8 Å². The molecule has 2 rings (SSSR count). The topological polar surface area (TPSA) is 29.5 Å². The van der Waals surface area contributed by atoms with Crippen molar-refractivity contribution in [2.45, 2.75) is 19.4 Å². The first-order valence-corrected chi connectivity index (χ1v) is 5.20. The second-order valence-electron chi connectivity index (χ2n) is 4.07. The average molecular weight is 210 g/mol. The van der Waals surface area contributed by atoms with Crippen LogP contribution in [0.4, 0.5) is 4.39 Å². The molecule has 0 saturated carbocycles. The van der Waals surface area contributed by atoms with E-state index in [1.165, 1.54) is 12.1 Å². The highest BCUT2D eigenvalue weighted by molar-refractivity contribution is 5.29. The highest BCUT2D eigenvalue weighted by Crippen LogP contribution is 2.30. The molecular formula is C12H15FO2. The zero-order valence-electron chi connectivity index (χ0n) is 8.74. The highest BCUT2D eigenvalue weighted by atomic mass is 19.1. The summed E-state index contributed by atoms with van der Waals surface area (Å²) in [5.41, 5.74) is 1.61. The molecule has 0 radical (unpaired) electrons. The maximum atomic E-state index is 13.1. The SMILES string of the molecule is Cc1ccc(F)cc1C(O)C1CCOC1. The van der Waals surface area contributed by atoms with Crippen LogP contribution in [0, 0.1) is 18.7 Å². The molecule has 1 N–H and O–H groups in total. The first kappa shape index (κ1) is 10.6. The Morgan fingerprint density at radius 1 is 1.53 bits per heavy atom. The summed E-state index contributed by atoms with van der Waals surface area (Å²) in [5.74, 6) is -0.195. The van der Waals surface area contributed by atoms with E-state index in [2.05, 4.69) is 0 Å². The Morgan fingerprint density at radius 2 is 2.33 bits per heavy atom. The normalized spacial score (nSPS) is 23.0. The van der Waals surface area contributed by atoms with Crippen molar-refractivity contribution in [2.75, 3.05) is 13.2 Å². The summed E-state index contributed by atoms with van der Waals surface area (Å²) in [6.45, 7) is 3.14. The van der Waals surface area contributed by atoms with E-state index in [-0.39, 0.29) is 11.7 Å². The molecule has 1 aromatic rings. The molecule has 1 fully saturated rings. The van der Waals surface area contributed by atoms with Crippen LogP contribution in [0.25, 0.3) is 0 Å². The molecule has 1 aromatic carbocycles. The molecule has 0 bridgehead atoms. The molecule has 1 saturated heterocycles. The van der Waals surface area contributed by atoms with E-state index < -0.39 is 6.10 Å². The molecule has 1 aliphatic rings. The Morgan fingerprint density at radius 3 is 3.00 bits per heavy atom. The molecule has 2 unspecified atom stereocenters. The zero-order chi connectivity index (χ0) is 10.8. The molecule has 1 heterocycles. The van der Waals surface area contributed by atoms with Gasteiger partial charge in [-0.25, -0.2) is 4.39 Å². The monoisotopic (exact) mass is 210 g/mol. The number of halogens is 1. The quantitative estimate of drug-likeness (QED) is 0.810. The maximum Gasteiger partial charge on any atom is 0.123 e. The van der Waals surface area contributed by atoms with Crippen LogP contribution < -0.4 is 0 Å². The van der Waals surface area contributed by atoms with Gasteiger partial charge in [0.1, 0.15) is 5.82 Å². The number of hydrogen-bond acceptors (Lipinski definition) is 2. The molecule has 15 heavy (non-hydrogen) atoms. The minimum Gasteiger partial charge on any atom is -0.388 e. The van der Waals surface area contributed by atoms with Gasteiger partial charge in [0, 0.05) is 12.5 Å². The lowest BCUT2D eigenvalue weighted by molar-refractivity contribution is 0.0911. The summed E-state index contributed by atoms with van der Waals surface area (Å²) in [6, 6.07) is 4.53. The third kappa shape index (κ3) is 2.19. The number of aliphatic hydroxyl groups is 1. The summed E-state index contributed by atoms with van der Waals surface area (Å²) in [4.78, 5) is 0. The molecular weight excluding hydrogens is 195 g/mol. The Bertz CT molecular complexity index is 345. The summed E-state index contributed by atoms with van der Waals surface area (Å²) >= 11 is 0. The number of hydrogen-bond donors (Lipinski definition) is 1. The van der Waals surface area contributed by atoms with Crippen molar-refractivity contribution < 1.29 is 14.2 Å². The fourth-order valence-corrected chi connectivity index (χ4v) is 1.99. The van der Waals surface area contributed by atoms with Crippen molar-refractivity contribution in [3.8, 4) is 0 Å². The molecule has 1 aliphatic heterocycles. The number of aryl methyl sites for hydroxylation is 1. The predicted molar refractivity (Wildman–Crippen MR) is 55.0 cm³/mol. The van der Waals surface area contributed by atoms with Crippen molar-refractivity contribution in [2.24, 2.45) is 5.92 Å². The fourth-order valence-electron chi connectivity index (χ4n) is 1.99. The smallest absolute Gasteiger partial charge is 0.123 e. The second-order valence-corrected chi connectivity index (χ2v) is 4.07. The van der Waals surface area contributed by atoms with Crippen molar-refractivity contribution >= 4 is 0 Å². The van der Waals surface area contributed by atoms with Gasteiger partial charge in [-0.05, 0) is 36.6 Å². The van der Waals surface area contributed by atoms with E-state index in [1.807, 2.05) is 6.92 Å². The van der Waals surface area contributed by atoms with Crippen LogP contribution in [0.15, 0.2) is 18.2 Å². The molecule has 2 nitrogen and oxygen atoms in total. The number of rotatable bonds is 2. The van der Waals surface area contributed by atoms with Crippen LogP contribution in [-0.4, -0.2) is 18.3 Å². The summed E-state index contributed by atoms with van der Waals surface area (Å²) in [6.07, 6.45) is 0.236. The minimum absolute atomic E-state index is 0.102. The van der Waals surface area contributed by atoms with E-state index in [9.17, 15) is 9.50 Å². The van der Waals surface area contributed by atoms with Crippen LogP contribution in [0.3, 0.4) is 0 Å². The van der Waals surface area contributed by atoms with Gasteiger partial charge in [0.15, 0.2) is 0 Å². The molecule has 82 valence electrons. The number of benzene rings is 1. The highest BCUT2D eigenvalue weighted by Gasteiger charge is 2.26. The first-order chi connectivity index (χ1) is 7.18. The molecule has 0 aliphatic carbocycles. The first-order valence-electron chi connectivity index (χ1n) is 5.20. The van der Waals surface area contributed by atoms with Gasteiger partial charge in [0.05, 0.1) is 12.7 Å². The van der Waals surface area contributed by atoms with Gasteiger partial charge in [0.25, 0.3) is 0 Å². The third-order valence-electron chi connectivity index (χ3n) is 2.97. The minimum atomic E-state index is -0.608. The van der Waals surface area contributed by atoms with Crippen LogP contribution in [0.2, 0.25) is 0 Å². The van der Waals surface area contributed by atoms with Gasteiger partial charge in [-0.15, -0.1) is 0 Å². The van der Waals surface area contributed by atoms with Gasteiger partial charge in [-0.2, -0.15) is 0 Å². The van der Waals surface area contributed by atoms with Crippen LogP contribution >= 0.6 is 0 Å². The third-order valence-corrected chi connectivity index (χ3v) is 2.97. The zero-order valence-corrected chi connectivity index (χ0v) is 8.74. The van der Waals surface area contributed by atoms with Crippen molar-refractivity contribution in [3.05, 3.63) is 35.1 Å². The average Bonchev–Trinajstić information content (AvgIpc) is 2.74. The summed E-state index contributed by atoms with van der Waals surface area (Å²) in [5, 5.41) is 10.1. The lowest BCUT2D eigenvalue weighted by atomic mass is 9.92. The molecule has 0 spiro atoms. The van der Waals surface area contributed by atoms with Crippen molar-refractivity contribution in [1.82, 2.24) is 0 Å². The molecule has 0 aromatic heterocycles. The largest absolute Gasteiger partial charge is 0.388 e. The van der Waals surface area contributed by atoms with Gasteiger partial charge in [-0.3, -0.25) is 0 Å². The number of ether oxygens (including phenoxy) is 1. The number of aliphatic hydroxyl groups excluding tert-OH is 1. The summed E-state index contributed by atoms with van der Waals surface area (Å²) in [7, 11) is 0.